The van der Waals surface area contributed by atoms with Crippen LogP contribution in [0.3, 0.4) is 0 Å². The second-order valence-corrected chi connectivity index (χ2v) is 9.76. The quantitative estimate of drug-likeness (QED) is 0.594. The number of benzene rings is 2. The Bertz CT molecular complexity index is 1040. The molecule has 4 atom stereocenters. The predicted octanol–water partition coefficient (Wildman–Crippen LogP) is 5.10. The first-order chi connectivity index (χ1) is 14.8. The van der Waals surface area contributed by atoms with Crippen LogP contribution in [0.2, 0.25) is 10.0 Å². The highest BCUT2D eigenvalue weighted by atomic mass is 35.5. The van der Waals surface area contributed by atoms with Crippen molar-refractivity contribution in [3.05, 3.63) is 57.1 Å². The first-order valence-electron chi connectivity index (χ1n) is 10.6. The van der Waals surface area contributed by atoms with Crippen molar-refractivity contribution in [3.8, 4) is 11.5 Å². The van der Waals surface area contributed by atoms with E-state index in [1.807, 2.05) is 6.07 Å². The van der Waals surface area contributed by atoms with Crippen LogP contribution in [0.1, 0.15) is 41.3 Å². The molecular weight excluding hydrogens is 437 g/mol. The van der Waals surface area contributed by atoms with Crippen LogP contribution in [0.4, 0.5) is 0 Å². The second-order valence-electron chi connectivity index (χ2n) is 8.89. The molecule has 7 heteroatoms. The standard InChI is InChI=1S/C24H25Cl2NO4/c1-13-19(30-23(28)15-8-16(25)10-17(26)9-15)11-20-24(13)6-7-27(2)12-14-4-5-18(29-3)22(31-20)21(14)24/h4-5,8-10,13,19-20H,6-7,11-12H2,1-3H3/t13?,19-,20?,24-/m1/s1. The van der Waals surface area contributed by atoms with Gasteiger partial charge in [0.05, 0.1) is 12.7 Å². The lowest BCUT2D eigenvalue weighted by Crippen LogP contribution is -2.40. The van der Waals surface area contributed by atoms with Gasteiger partial charge in [0, 0.05) is 39.9 Å². The topological polar surface area (TPSA) is 48.0 Å². The third-order valence-corrected chi connectivity index (χ3v) is 7.69. The van der Waals surface area contributed by atoms with Gasteiger partial charge in [-0.05, 0) is 49.8 Å². The van der Waals surface area contributed by atoms with Gasteiger partial charge in [0.2, 0.25) is 0 Å². The second kappa shape index (κ2) is 7.58. The van der Waals surface area contributed by atoms with Gasteiger partial charge in [-0.15, -0.1) is 0 Å². The van der Waals surface area contributed by atoms with Crippen molar-refractivity contribution in [1.29, 1.82) is 0 Å². The van der Waals surface area contributed by atoms with Crippen molar-refractivity contribution in [1.82, 2.24) is 4.90 Å². The first-order valence-corrected chi connectivity index (χ1v) is 11.3. The van der Waals surface area contributed by atoms with Crippen LogP contribution < -0.4 is 9.47 Å². The molecule has 0 bridgehead atoms. The Morgan fingerprint density at radius 1 is 1.23 bits per heavy atom. The van der Waals surface area contributed by atoms with Gasteiger partial charge in [0.25, 0.3) is 0 Å². The highest BCUT2D eigenvalue weighted by Crippen LogP contribution is 2.61. The van der Waals surface area contributed by atoms with Gasteiger partial charge in [-0.3, -0.25) is 0 Å². The Labute approximate surface area is 192 Å². The number of hydrogen-bond acceptors (Lipinski definition) is 5. The molecule has 31 heavy (non-hydrogen) atoms. The van der Waals surface area contributed by atoms with Crippen LogP contribution >= 0.6 is 23.2 Å². The molecule has 0 amide bonds. The SMILES string of the molecule is COc1ccc2c3c1OC1C[C@@H](OC(=O)c4cc(Cl)cc(Cl)c4)C(C)[C@@]31CCN(C)C2. The largest absolute Gasteiger partial charge is 0.493 e. The minimum atomic E-state index is -0.408. The maximum Gasteiger partial charge on any atom is 0.338 e. The smallest absolute Gasteiger partial charge is 0.338 e. The molecule has 2 unspecified atom stereocenters. The summed E-state index contributed by atoms with van der Waals surface area (Å²) < 4.78 is 18.1. The summed E-state index contributed by atoms with van der Waals surface area (Å²) in [6.07, 6.45) is 1.27. The molecular formula is C24H25Cl2NO4. The fourth-order valence-electron chi connectivity index (χ4n) is 5.75. The molecule has 1 spiro atoms. The van der Waals surface area contributed by atoms with E-state index < -0.39 is 5.97 Å². The Kier molecular flexibility index (Phi) is 5.11. The average molecular weight is 462 g/mol. The van der Waals surface area contributed by atoms with Gasteiger partial charge in [-0.1, -0.05) is 36.2 Å². The van der Waals surface area contributed by atoms with E-state index in [0.29, 0.717) is 22.0 Å². The molecule has 1 aliphatic carbocycles. The number of rotatable bonds is 3. The lowest BCUT2D eigenvalue weighted by molar-refractivity contribution is 0.0173. The van der Waals surface area contributed by atoms with Crippen LogP contribution in [0.15, 0.2) is 30.3 Å². The summed E-state index contributed by atoms with van der Waals surface area (Å²) >= 11 is 12.1. The van der Waals surface area contributed by atoms with E-state index in [4.69, 9.17) is 37.4 Å². The summed E-state index contributed by atoms with van der Waals surface area (Å²) in [6, 6.07) is 8.91. The highest BCUT2D eigenvalue weighted by molar-refractivity contribution is 6.35. The predicted molar refractivity (Wildman–Crippen MR) is 119 cm³/mol. The zero-order chi connectivity index (χ0) is 21.9. The fourth-order valence-corrected chi connectivity index (χ4v) is 6.27. The molecule has 5 nitrogen and oxygen atoms in total. The number of carbonyl (C=O) groups excluding carboxylic acids is 1. The fraction of sp³-hybridized carbons (Fsp3) is 0.458. The molecule has 1 fully saturated rings. The summed E-state index contributed by atoms with van der Waals surface area (Å²) in [6.45, 7) is 3.99. The molecule has 0 saturated heterocycles. The lowest BCUT2D eigenvalue weighted by Gasteiger charge is -2.34. The van der Waals surface area contributed by atoms with E-state index in [9.17, 15) is 4.79 Å². The molecule has 0 aromatic heterocycles. The number of methoxy groups -OCH3 is 1. The molecule has 2 heterocycles. The van der Waals surface area contributed by atoms with E-state index in [2.05, 4.69) is 24.9 Å². The maximum atomic E-state index is 12.9. The number of esters is 1. The number of carbonyl (C=O) groups is 1. The zero-order valence-corrected chi connectivity index (χ0v) is 19.3. The number of hydrogen-bond donors (Lipinski definition) is 0. The normalized spacial score (nSPS) is 29.0. The molecule has 5 rings (SSSR count). The third-order valence-electron chi connectivity index (χ3n) is 7.25. The van der Waals surface area contributed by atoms with Crippen molar-refractivity contribution < 1.29 is 19.0 Å². The van der Waals surface area contributed by atoms with Crippen LogP contribution in [0.25, 0.3) is 0 Å². The summed E-state index contributed by atoms with van der Waals surface area (Å²) in [5.74, 6) is 1.31. The summed E-state index contributed by atoms with van der Waals surface area (Å²) in [5.41, 5.74) is 2.65. The van der Waals surface area contributed by atoms with Gasteiger partial charge < -0.3 is 19.1 Å². The van der Waals surface area contributed by atoms with Gasteiger partial charge in [0.1, 0.15) is 12.2 Å². The van der Waals surface area contributed by atoms with E-state index in [0.717, 1.165) is 31.0 Å². The van der Waals surface area contributed by atoms with Crippen molar-refractivity contribution in [2.45, 2.75) is 43.9 Å². The average Bonchev–Trinajstić information content (AvgIpc) is 3.11. The number of ether oxygens (including phenoxy) is 3. The molecule has 2 aliphatic heterocycles. The Morgan fingerprint density at radius 2 is 1.97 bits per heavy atom. The van der Waals surface area contributed by atoms with Gasteiger partial charge >= 0.3 is 5.97 Å². The van der Waals surface area contributed by atoms with Gasteiger partial charge in [-0.25, -0.2) is 4.79 Å². The van der Waals surface area contributed by atoms with Crippen LogP contribution in [0, 0.1) is 5.92 Å². The summed E-state index contributed by atoms with van der Waals surface area (Å²) in [4.78, 5) is 15.2. The minimum absolute atomic E-state index is 0.0557. The third kappa shape index (κ3) is 3.21. The monoisotopic (exact) mass is 461 g/mol. The van der Waals surface area contributed by atoms with E-state index in [1.54, 1.807) is 25.3 Å². The first kappa shape index (κ1) is 20.9. The molecule has 3 aliphatic rings. The molecule has 164 valence electrons. The van der Waals surface area contributed by atoms with Crippen molar-refractivity contribution in [3.63, 3.8) is 0 Å². The van der Waals surface area contributed by atoms with Crippen molar-refractivity contribution >= 4 is 29.2 Å². The highest BCUT2D eigenvalue weighted by Gasteiger charge is 2.62. The molecule has 2 aromatic carbocycles. The molecule has 0 radical (unpaired) electrons. The molecule has 1 saturated carbocycles. The van der Waals surface area contributed by atoms with Gasteiger partial charge in [0.15, 0.2) is 11.5 Å². The van der Waals surface area contributed by atoms with Gasteiger partial charge in [-0.2, -0.15) is 0 Å². The van der Waals surface area contributed by atoms with Crippen LogP contribution in [-0.2, 0) is 16.7 Å². The Hall–Kier alpha value is -1.95. The summed E-state index contributed by atoms with van der Waals surface area (Å²) in [7, 11) is 3.82. The van der Waals surface area contributed by atoms with Crippen molar-refractivity contribution in [2.75, 3.05) is 20.7 Å². The zero-order valence-electron chi connectivity index (χ0n) is 17.8. The summed E-state index contributed by atoms with van der Waals surface area (Å²) in [5, 5.41) is 0.824. The van der Waals surface area contributed by atoms with Crippen LogP contribution in [-0.4, -0.2) is 43.8 Å². The van der Waals surface area contributed by atoms with E-state index in [1.165, 1.54) is 11.1 Å². The number of nitrogens with zero attached hydrogens (tertiary/aromatic N) is 1. The molecule has 0 N–H and O–H groups in total. The Morgan fingerprint density at radius 3 is 2.68 bits per heavy atom. The maximum absolute atomic E-state index is 12.9. The van der Waals surface area contributed by atoms with Crippen LogP contribution in [0.5, 0.6) is 11.5 Å². The van der Waals surface area contributed by atoms with E-state index >= 15 is 0 Å². The van der Waals surface area contributed by atoms with E-state index in [-0.39, 0.29) is 23.5 Å². The molecule has 2 aromatic rings. The Balaban J connectivity index is 1.50. The minimum Gasteiger partial charge on any atom is -0.493 e. The number of halogens is 2. The van der Waals surface area contributed by atoms with Crippen molar-refractivity contribution in [2.24, 2.45) is 5.92 Å². The lowest BCUT2D eigenvalue weighted by atomic mass is 9.69.